The minimum absolute atomic E-state index is 0.336. The van der Waals surface area contributed by atoms with Gasteiger partial charge in [0.2, 0.25) is 6.41 Å². The first-order chi connectivity index (χ1) is 13.8. The molecule has 0 unspecified atom stereocenters. The Kier molecular flexibility index (Phi) is 7.95. The first-order valence-corrected chi connectivity index (χ1v) is 9.60. The zero-order chi connectivity index (χ0) is 21.3. The molecule has 1 aromatic heterocycles. The molecule has 0 saturated heterocycles. The third-order valence-electron chi connectivity index (χ3n) is 4.05. The average molecular weight is 396 g/mol. The monoisotopic (exact) mass is 395 g/mol. The predicted molar refractivity (Wildman–Crippen MR) is 115 cm³/mol. The Labute approximate surface area is 172 Å². The minimum Gasteiger partial charge on any atom is -0.444 e. The minimum atomic E-state index is -0.502. The number of anilines is 1. The summed E-state index contributed by atoms with van der Waals surface area (Å²) in [4.78, 5) is 30.9. The Hall–Kier alpha value is -3.15. The molecule has 2 amide bonds. The maximum Gasteiger partial charge on any atom is 0.410 e. The smallest absolute Gasteiger partial charge is 0.410 e. The SMILES string of the molecule is CN(CCC=Cc1cncc(N(C=O)Cc2ccccc2)c1)C(=O)OC(C)(C)C. The molecule has 1 heterocycles. The number of carbonyl (C=O) groups is 2. The van der Waals surface area contributed by atoms with E-state index in [4.69, 9.17) is 4.74 Å². The number of hydrogen-bond donors (Lipinski definition) is 0. The van der Waals surface area contributed by atoms with E-state index >= 15 is 0 Å². The van der Waals surface area contributed by atoms with Crippen LogP contribution in [-0.2, 0) is 16.1 Å². The number of rotatable bonds is 8. The lowest BCUT2D eigenvalue weighted by molar-refractivity contribution is -0.107. The van der Waals surface area contributed by atoms with Gasteiger partial charge in [-0.1, -0.05) is 42.5 Å². The van der Waals surface area contributed by atoms with Crippen molar-refractivity contribution >= 4 is 24.3 Å². The number of benzene rings is 1. The van der Waals surface area contributed by atoms with E-state index in [0.29, 0.717) is 19.5 Å². The molecule has 0 aliphatic heterocycles. The van der Waals surface area contributed by atoms with Crippen molar-refractivity contribution in [2.45, 2.75) is 39.3 Å². The summed E-state index contributed by atoms with van der Waals surface area (Å²) in [7, 11) is 1.72. The van der Waals surface area contributed by atoms with Crippen molar-refractivity contribution in [1.29, 1.82) is 0 Å². The van der Waals surface area contributed by atoms with Crippen molar-refractivity contribution in [2.24, 2.45) is 0 Å². The van der Waals surface area contributed by atoms with Gasteiger partial charge in [0.1, 0.15) is 5.60 Å². The number of nitrogens with zero attached hydrogens (tertiary/aromatic N) is 3. The second kappa shape index (κ2) is 10.4. The molecule has 0 fully saturated rings. The molecule has 0 radical (unpaired) electrons. The second-order valence-corrected chi connectivity index (χ2v) is 7.79. The molecule has 0 bridgehead atoms. The highest BCUT2D eigenvalue weighted by Gasteiger charge is 2.18. The van der Waals surface area contributed by atoms with Crippen LogP contribution in [-0.4, -0.2) is 41.6 Å². The molecule has 0 aliphatic carbocycles. The van der Waals surface area contributed by atoms with Gasteiger partial charge in [0.15, 0.2) is 0 Å². The Morgan fingerprint density at radius 3 is 2.55 bits per heavy atom. The number of ether oxygens (including phenoxy) is 1. The summed E-state index contributed by atoms with van der Waals surface area (Å²) in [6.45, 7) is 6.57. The number of aromatic nitrogens is 1. The lowest BCUT2D eigenvalue weighted by Crippen LogP contribution is -2.34. The maximum atomic E-state index is 12.0. The van der Waals surface area contributed by atoms with E-state index < -0.39 is 5.60 Å². The van der Waals surface area contributed by atoms with Gasteiger partial charge >= 0.3 is 6.09 Å². The van der Waals surface area contributed by atoms with Crippen molar-refractivity contribution in [3.05, 3.63) is 66.0 Å². The third kappa shape index (κ3) is 7.78. The van der Waals surface area contributed by atoms with Gasteiger partial charge in [-0.2, -0.15) is 0 Å². The van der Waals surface area contributed by atoms with Gasteiger partial charge in [0, 0.05) is 19.8 Å². The fourth-order valence-corrected chi connectivity index (χ4v) is 2.58. The number of amides is 2. The fourth-order valence-electron chi connectivity index (χ4n) is 2.58. The Morgan fingerprint density at radius 1 is 1.17 bits per heavy atom. The van der Waals surface area contributed by atoms with Gasteiger partial charge in [-0.25, -0.2) is 4.79 Å². The molecule has 6 heteroatoms. The van der Waals surface area contributed by atoms with E-state index in [9.17, 15) is 9.59 Å². The molecular weight excluding hydrogens is 366 g/mol. The van der Waals surface area contributed by atoms with Gasteiger partial charge in [-0.3, -0.25) is 9.78 Å². The lowest BCUT2D eigenvalue weighted by atomic mass is 10.2. The van der Waals surface area contributed by atoms with E-state index in [1.165, 1.54) is 0 Å². The second-order valence-electron chi connectivity index (χ2n) is 7.79. The van der Waals surface area contributed by atoms with Crippen molar-refractivity contribution in [2.75, 3.05) is 18.5 Å². The highest BCUT2D eigenvalue weighted by molar-refractivity contribution is 5.75. The topological polar surface area (TPSA) is 62.7 Å². The summed E-state index contributed by atoms with van der Waals surface area (Å²) in [5.41, 5.74) is 2.17. The van der Waals surface area contributed by atoms with E-state index in [1.54, 1.807) is 29.2 Å². The average Bonchev–Trinajstić information content (AvgIpc) is 2.69. The summed E-state index contributed by atoms with van der Waals surface area (Å²) < 4.78 is 5.33. The molecule has 0 atom stereocenters. The normalized spacial score (nSPS) is 11.3. The molecule has 0 spiro atoms. The van der Waals surface area contributed by atoms with Crippen LogP contribution in [0.5, 0.6) is 0 Å². The Morgan fingerprint density at radius 2 is 1.90 bits per heavy atom. The highest BCUT2D eigenvalue weighted by Crippen LogP contribution is 2.17. The summed E-state index contributed by atoms with van der Waals surface area (Å²) >= 11 is 0. The number of carbonyl (C=O) groups excluding carboxylic acids is 2. The van der Waals surface area contributed by atoms with Gasteiger partial charge < -0.3 is 14.5 Å². The fraction of sp³-hybridized carbons (Fsp3) is 0.348. The van der Waals surface area contributed by atoms with E-state index in [-0.39, 0.29) is 6.09 Å². The summed E-state index contributed by atoms with van der Waals surface area (Å²) in [6.07, 6.45) is 8.48. The van der Waals surface area contributed by atoms with E-state index in [2.05, 4.69) is 4.98 Å². The van der Waals surface area contributed by atoms with Crippen molar-refractivity contribution in [3.8, 4) is 0 Å². The van der Waals surface area contributed by atoms with Crippen molar-refractivity contribution < 1.29 is 14.3 Å². The largest absolute Gasteiger partial charge is 0.444 e. The molecule has 1 aromatic carbocycles. The van der Waals surface area contributed by atoms with Gasteiger partial charge in [-0.15, -0.1) is 0 Å². The van der Waals surface area contributed by atoms with Crippen LogP contribution < -0.4 is 4.90 Å². The number of pyridine rings is 1. The zero-order valence-electron chi connectivity index (χ0n) is 17.5. The molecule has 154 valence electrons. The summed E-state index contributed by atoms with van der Waals surface area (Å²) in [5, 5.41) is 0. The van der Waals surface area contributed by atoms with Crippen LogP contribution in [0, 0.1) is 0 Å². The van der Waals surface area contributed by atoms with Crippen molar-refractivity contribution in [1.82, 2.24) is 9.88 Å². The quantitative estimate of drug-likeness (QED) is 0.617. The van der Waals surface area contributed by atoms with Crippen LogP contribution in [0.25, 0.3) is 6.08 Å². The summed E-state index contributed by atoms with van der Waals surface area (Å²) in [6, 6.07) is 11.7. The molecule has 2 aromatic rings. The van der Waals surface area contributed by atoms with Crippen LogP contribution in [0.4, 0.5) is 10.5 Å². The third-order valence-corrected chi connectivity index (χ3v) is 4.05. The van der Waals surface area contributed by atoms with Crippen LogP contribution in [0.1, 0.15) is 38.3 Å². The predicted octanol–water partition coefficient (Wildman–Crippen LogP) is 4.51. The molecule has 29 heavy (non-hydrogen) atoms. The molecule has 0 N–H and O–H groups in total. The van der Waals surface area contributed by atoms with E-state index in [0.717, 1.165) is 23.2 Å². The summed E-state index contributed by atoms with van der Waals surface area (Å²) in [5.74, 6) is 0. The van der Waals surface area contributed by atoms with Crippen LogP contribution >= 0.6 is 0 Å². The Bertz CT molecular complexity index is 829. The molecular formula is C23H29N3O3. The first kappa shape index (κ1) is 22.1. The van der Waals surface area contributed by atoms with Gasteiger partial charge in [-0.05, 0) is 44.4 Å². The molecule has 2 rings (SSSR count). The Balaban J connectivity index is 1.93. The van der Waals surface area contributed by atoms with Gasteiger partial charge in [0.05, 0.1) is 18.4 Å². The lowest BCUT2D eigenvalue weighted by Gasteiger charge is -2.24. The standard InChI is InChI=1S/C23H29N3O3/c1-23(2,3)29-22(28)25(4)13-9-8-12-20-14-21(16-24-15-20)26(18-27)17-19-10-6-5-7-11-19/h5-8,10-12,14-16,18H,9,13,17H2,1-4H3. The van der Waals surface area contributed by atoms with Crippen LogP contribution in [0.15, 0.2) is 54.9 Å². The maximum absolute atomic E-state index is 12.0. The molecule has 6 nitrogen and oxygen atoms in total. The van der Waals surface area contributed by atoms with Crippen LogP contribution in [0.2, 0.25) is 0 Å². The van der Waals surface area contributed by atoms with Gasteiger partial charge in [0.25, 0.3) is 0 Å². The highest BCUT2D eigenvalue weighted by atomic mass is 16.6. The first-order valence-electron chi connectivity index (χ1n) is 9.60. The van der Waals surface area contributed by atoms with E-state index in [1.807, 2.05) is 69.3 Å². The zero-order valence-corrected chi connectivity index (χ0v) is 17.5. The molecule has 0 aliphatic rings. The number of hydrogen-bond acceptors (Lipinski definition) is 4. The molecule has 0 saturated carbocycles. The van der Waals surface area contributed by atoms with Crippen molar-refractivity contribution in [3.63, 3.8) is 0 Å². The van der Waals surface area contributed by atoms with Crippen LogP contribution in [0.3, 0.4) is 0 Å².